The molecule has 0 aromatic heterocycles. The van der Waals surface area contributed by atoms with Crippen LogP contribution >= 0.6 is 0 Å². The molecule has 2 fully saturated rings. The Hall–Kier alpha value is -3.49. The number of phenolic OH excluding ortho intramolecular Hbond substituents is 2. The van der Waals surface area contributed by atoms with Crippen LogP contribution in [0.15, 0.2) is 64.5 Å². The van der Waals surface area contributed by atoms with Crippen LogP contribution in [-0.2, 0) is 19.1 Å². The molecule has 41 heavy (non-hydrogen) atoms. The third-order valence-electron chi connectivity index (χ3n) is 8.23. The van der Waals surface area contributed by atoms with Gasteiger partial charge in [0.2, 0.25) is 5.60 Å². The molecule has 0 radical (unpaired) electrons. The molecule has 2 saturated heterocycles. The number of rotatable bonds is 9. The molecule has 220 valence electrons. The molecule has 8 nitrogen and oxygen atoms in total. The van der Waals surface area contributed by atoms with E-state index in [0.717, 1.165) is 36.1 Å². The summed E-state index contributed by atoms with van der Waals surface area (Å²) in [6, 6.07) is 3.52. The van der Waals surface area contributed by atoms with Crippen LogP contribution < -0.4 is 0 Å². The van der Waals surface area contributed by atoms with Gasteiger partial charge >= 0.3 is 0 Å². The smallest absolute Gasteiger partial charge is 0.214 e. The topological polar surface area (TPSA) is 134 Å². The Balaban J connectivity index is 1.91. The Morgan fingerprint density at radius 2 is 1.59 bits per heavy atom. The predicted molar refractivity (Wildman–Crippen MR) is 153 cm³/mol. The number of carbonyl (C=O) groups is 3. The summed E-state index contributed by atoms with van der Waals surface area (Å²) in [4.78, 5) is 43.1. The summed E-state index contributed by atoms with van der Waals surface area (Å²) in [5.41, 5.74) is -2.00. The highest BCUT2D eigenvalue weighted by Gasteiger charge is 2.80. The minimum absolute atomic E-state index is 0.0347. The van der Waals surface area contributed by atoms with Gasteiger partial charge in [0.25, 0.3) is 0 Å². The average molecular weight is 565 g/mol. The van der Waals surface area contributed by atoms with Gasteiger partial charge in [0.05, 0.1) is 0 Å². The Morgan fingerprint density at radius 1 is 0.951 bits per heavy atom. The number of ether oxygens (including phenoxy) is 2. The van der Waals surface area contributed by atoms with Crippen molar-refractivity contribution in [2.45, 2.75) is 97.6 Å². The SMILES string of the molecule is CC(C)=CCC/C(C)=C/CC1(CC=C(C)C)C(=O)C(C(=O)c2ccc(O)c(O)c2)=C2OC(C)(C)C(O)C3OC23C1=O. The number of ketones is 3. The molecular weight excluding hydrogens is 524 g/mol. The molecule has 1 aromatic rings. The van der Waals surface area contributed by atoms with Crippen LogP contribution in [0.2, 0.25) is 0 Å². The van der Waals surface area contributed by atoms with Crippen molar-refractivity contribution in [3.63, 3.8) is 0 Å². The quantitative estimate of drug-likeness (QED) is 0.0904. The Kier molecular flexibility index (Phi) is 7.97. The monoisotopic (exact) mass is 564 g/mol. The van der Waals surface area contributed by atoms with Crippen molar-refractivity contribution in [3.05, 3.63) is 70.0 Å². The Morgan fingerprint density at radius 3 is 2.20 bits per heavy atom. The van der Waals surface area contributed by atoms with E-state index in [1.165, 1.54) is 11.6 Å². The Labute approximate surface area is 241 Å². The number of epoxide rings is 1. The summed E-state index contributed by atoms with van der Waals surface area (Å²) in [7, 11) is 0. The second kappa shape index (κ2) is 10.7. The zero-order chi connectivity index (χ0) is 30.5. The first kappa shape index (κ1) is 30.5. The molecule has 4 rings (SSSR count). The van der Waals surface area contributed by atoms with E-state index in [0.29, 0.717) is 0 Å². The second-order valence-corrected chi connectivity index (χ2v) is 12.5. The number of hydrogen-bond donors (Lipinski definition) is 3. The van der Waals surface area contributed by atoms with Gasteiger partial charge < -0.3 is 24.8 Å². The van der Waals surface area contributed by atoms with Crippen LogP contribution in [0, 0.1) is 5.41 Å². The van der Waals surface area contributed by atoms with Gasteiger partial charge in [-0.25, -0.2) is 0 Å². The van der Waals surface area contributed by atoms with E-state index in [4.69, 9.17) is 9.47 Å². The fourth-order valence-electron chi connectivity index (χ4n) is 5.61. The lowest BCUT2D eigenvalue weighted by Crippen LogP contribution is -2.61. The number of Topliss-reactive ketones (excluding diaryl/α,β-unsaturated/α-hetero) is 3. The van der Waals surface area contributed by atoms with Crippen molar-refractivity contribution in [2.24, 2.45) is 5.41 Å². The van der Waals surface area contributed by atoms with Crippen LogP contribution in [0.1, 0.15) is 84.5 Å². The second-order valence-electron chi connectivity index (χ2n) is 12.5. The van der Waals surface area contributed by atoms with E-state index in [2.05, 4.69) is 6.08 Å². The van der Waals surface area contributed by atoms with Crippen molar-refractivity contribution in [1.82, 2.24) is 0 Å². The van der Waals surface area contributed by atoms with Gasteiger partial charge in [0, 0.05) is 5.56 Å². The number of aromatic hydroxyl groups is 2. The predicted octanol–water partition coefficient (Wildman–Crippen LogP) is 5.42. The van der Waals surface area contributed by atoms with E-state index in [1.54, 1.807) is 19.9 Å². The van der Waals surface area contributed by atoms with Gasteiger partial charge in [-0.05, 0) is 92.3 Å². The first-order chi connectivity index (χ1) is 19.1. The molecule has 4 atom stereocenters. The highest BCUT2D eigenvalue weighted by Crippen LogP contribution is 2.61. The lowest BCUT2D eigenvalue weighted by molar-refractivity contribution is -0.150. The molecule has 1 spiro atoms. The van der Waals surface area contributed by atoms with Crippen LogP contribution in [0.3, 0.4) is 0 Å². The van der Waals surface area contributed by atoms with Crippen molar-refractivity contribution in [2.75, 3.05) is 0 Å². The molecule has 3 N–H and O–H groups in total. The normalized spacial score (nSPS) is 28.3. The van der Waals surface area contributed by atoms with Crippen LogP contribution in [0.25, 0.3) is 0 Å². The third-order valence-corrected chi connectivity index (χ3v) is 8.23. The number of phenols is 2. The van der Waals surface area contributed by atoms with Gasteiger partial charge in [-0.2, -0.15) is 0 Å². The molecule has 2 heterocycles. The summed E-state index contributed by atoms with van der Waals surface area (Å²) >= 11 is 0. The summed E-state index contributed by atoms with van der Waals surface area (Å²) in [6.45, 7) is 12.9. The van der Waals surface area contributed by atoms with Crippen LogP contribution in [-0.4, -0.2) is 56.1 Å². The summed E-state index contributed by atoms with van der Waals surface area (Å²) in [5, 5.41) is 30.9. The van der Waals surface area contributed by atoms with Crippen molar-refractivity contribution in [3.8, 4) is 11.5 Å². The maximum Gasteiger partial charge on any atom is 0.214 e. The van der Waals surface area contributed by atoms with Crippen molar-refractivity contribution in [1.29, 1.82) is 0 Å². The van der Waals surface area contributed by atoms with E-state index >= 15 is 0 Å². The fraction of sp³-hybridized carbons (Fsp3) is 0.485. The lowest BCUT2D eigenvalue weighted by Gasteiger charge is -2.44. The minimum atomic E-state index is -1.77. The van der Waals surface area contributed by atoms with E-state index < -0.39 is 57.7 Å². The molecule has 1 aliphatic carbocycles. The number of allylic oxidation sites excluding steroid dienone is 7. The average Bonchev–Trinajstić information content (AvgIpc) is 3.64. The number of aliphatic hydroxyl groups is 1. The van der Waals surface area contributed by atoms with Crippen LogP contribution in [0.4, 0.5) is 0 Å². The molecule has 0 bridgehead atoms. The maximum atomic E-state index is 14.6. The molecule has 0 amide bonds. The van der Waals surface area contributed by atoms with Gasteiger partial charge in [0.1, 0.15) is 28.8 Å². The number of benzene rings is 1. The molecule has 2 aliphatic heterocycles. The molecule has 0 saturated carbocycles. The van der Waals surface area contributed by atoms with E-state index in [9.17, 15) is 29.7 Å². The standard InChI is InChI=1S/C33H40O8/c1-18(2)9-8-10-20(5)14-16-32(15-13-19(3)4)26(37)24(25(36)21-11-12-22(34)23(35)17-21)28-33(30(32)39)29(41-33)27(38)31(6,7)40-28/h9,11-14,17,27,29,34-35,38H,8,10,15-16H2,1-7H3/b20-14+. The molecule has 8 heteroatoms. The lowest BCUT2D eigenvalue weighted by atomic mass is 9.60. The Bertz CT molecular complexity index is 1420. The zero-order valence-electron chi connectivity index (χ0n) is 24.8. The zero-order valence-corrected chi connectivity index (χ0v) is 24.8. The van der Waals surface area contributed by atoms with Gasteiger partial charge in [-0.3, -0.25) is 14.4 Å². The van der Waals surface area contributed by atoms with Gasteiger partial charge in [-0.1, -0.05) is 34.9 Å². The van der Waals surface area contributed by atoms with E-state index in [1.807, 2.05) is 40.7 Å². The first-order valence-corrected chi connectivity index (χ1v) is 14.0. The summed E-state index contributed by atoms with van der Waals surface area (Å²) < 4.78 is 12.1. The fourth-order valence-corrected chi connectivity index (χ4v) is 5.61. The summed E-state index contributed by atoms with van der Waals surface area (Å²) in [6.07, 6.45) is 5.28. The number of aliphatic hydroxyl groups excluding tert-OH is 1. The highest BCUT2D eigenvalue weighted by molar-refractivity contribution is 6.35. The third kappa shape index (κ3) is 5.19. The first-order valence-electron chi connectivity index (χ1n) is 14.0. The molecule has 1 aromatic carbocycles. The van der Waals surface area contributed by atoms with Crippen molar-refractivity contribution >= 4 is 17.3 Å². The molecule has 4 unspecified atom stereocenters. The largest absolute Gasteiger partial charge is 0.504 e. The highest BCUT2D eigenvalue weighted by atomic mass is 16.7. The maximum absolute atomic E-state index is 14.6. The van der Waals surface area contributed by atoms with Gasteiger partial charge in [-0.15, -0.1) is 0 Å². The number of carbonyl (C=O) groups excluding carboxylic acids is 3. The van der Waals surface area contributed by atoms with Crippen molar-refractivity contribution < 1.29 is 39.2 Å². The van der Waals surface area contributed by atoms with Gasteiger partial charge in [0.15, 0.2) is 34.6 Å². The van der Waals surface area contributed by atoms with E-state index in [-0.39, 0.29) is 29.7 Å². The number of hydrogen-bond acceptors (Lipinski definition) is 8. The molecule has 3 aliphatic rings. The molecular formula is C33H40O8. The van der Waals surface area contributed by atoms with Crippen LogP contribution in [0.5, 0.6) is 11.5 Å². The minimum Gasteiger partial charge on any atom is -0.504 e. The summed E-state index contributed by atoms with van der Waals surface area (Å²) in [5.74, 6) is -3.12.